The molecule has 4 aromatic rings. The van der Waals surface area contributed by atoms with Crippen LogP contribution in [0.3, 0.4) is 0 Å². The predicted octanol–water partition coefficient (Wildman–Crippen LogP) is 10.1. The van der Waals surface area contributed by atoms with Crippen LogP contribution in [0.4, 0.5) is 69.7 Å². The number of aryl methyl sites for hydroxylation is 1. The highest BCUT2D eigenvalue weighted by atomic mass is 19.4. The number of unbranched alkanes of at least 4 members (excludes halogenated alkanes) is 1. The fourth-order valence-electron chi connectivity index (χ4n) is 9.17. The normalized spacial score (nSPS) is 17.0. The number of anilines is 3. The number of nitrogen functional groups attached to an aromatic ring is 2. The highest BCUT2D eigenvalue weighted by Crippen LogP contribution is 2.50. The van der Waals surface area contributed by atoms with Crippen LogP contribution in [0.5, 0.6) is 0 Å². The first-order valence-corrected chi connectivity index (χ1v) is 23.1. The second-order valence-electron chi connectivity index (χ2n) is 19.2. The van der Waals surface area contributed by atoms with Crippen LogP contribution in [0.15, 0.2) is 48.5 Å². The first kappa shape index (κ1) is 61.7. The third kappa shape index (κ3) is 12.7. The van der Waals surface area contributed by atoms with Crippen LogP contribution in [0.1, 0.15) is 97.0 Å². The Morgan fingerprint density at radius 2 is 0.797 bits per heavy atom. The van der Waals surface area contributed by atoms with Crippen molar-refractivity contribution in [3.63, 3.8) is 0 Å². The summed E-state index contributed by atoms with van der Waals surface area (Å²) >= 11 is 0. The minimum atomic E-state index is -5.25. The molecule has 0 bridgehead atoms. The highest BCUT2D eigenvalue weighted by molar-refractivity contribution is 5.80. The van der Waals surface area contributed by atoms with Gasteiger partial charge in [-0.15, -0.1) is 0 Å². The zero-order valence-electron chi connectivity index (χ0n) is 41.8. The van der Waals surface area contributed by atoms with E-state index in [2.05, 4.69) is 5.32 Å². The molecule has 11 N–H and O–H groups in total. The molecule has 0 amide bonds. The smallest absolute Gasteiger partial charge is 0.398 e. The minimum absolute atomic E-state index is 0.00113. The Balaban J connectivity index is 1.35. The molecule has 4 aromatic carbocycles. The average Bonchev–Trinajstić information content (AvgIpc) is 3.24. The largest absolute Gasteiger partial charge is 0.421 e. The van der Waals surface area contributed by atoms with Gasteiger partial charge in [0.25, 0.3) is 0 Å². The summed E-state index contributed by atoms with van der Waals surface area (Å²) in [7, 11) is 0. The van der Waals surface area contributed by atoms with Crippen LogP contribution in [0.25, 0.3) is 22.3 Å². The van der Waals surface area contributed by atoms with Gasteiger partial charge in [-0.25, -0.2) is 0 Å². The van der Waals surface area contributed by atoms with Crippen molar-refractivity contribution in [2.45, 2.75) is 140 Å². The number of benzene rings is 4. The lowest BCUT2D eigenvalue weighted by molar-refractivity contribution is -0.259. The van der Waals surface area contributed by atoms with Crippen molar-refractivity contribution in [1.82, 2.24) is 0 Å². The molecule has 0 saturated heterocycles. The van der Waals surface area contributed by atoms with Crippen LogP contribution < -0.4 is 16.8 Å². The maximum Gasteiger partial charge on any atom is 0.421 e. The fraction of sp³-hybridized carbons (Fsp3) is 0.529. The molecule has 23 heteroatoms. The van der Waals surface area contributed by atoms with Crippen molar-refractivity contribution in [3.8, 4) is 22.3 Å². The molecule has 0 aliphatic carbocycles. The third-order valence-corrected chi connectivity index (χ3v) is 13.5. The van der Waals surface area contributed by atoms with Gasteiger partial charge in [-0.1, -0.05) is 30.3 Å². The first-order chi connectivity index (χ1) is 33.7. The van der Waals surface area contributed by atoms with E-state index in [1.54, 1.807) is 0 Å². The van der Waals surface area contributed by atoms with Gasteiger partial charge >= 0.3 is 24.7 Å². The van der Waals surface area contributed by atoms with Gasteiger partial charge in [0.2, 0.25) is 0 Å². The quantitative estimate of drug-likeness (QED) is 0.0218. The van der Waals surface area contributed by atoms with Crippen LogP contribution in [-0.2, 0) is 38.3 Å². The van der Waals surface area contributed by atoms with E-state index in [4.69, 9.17) is 20.9 Å². The zero-order valence-corrected chi connectivity index (χ0v) is 41.8. The molecule has 4 rings (SSSR count). The Hall–Kier alpha value is -4.88. The standard InChI is InChI=1S/C51H63F12N3O8/c1-26-33(34-15-18-37(64)41(27(34)2)45(6,70)49(55,56)57)14-12-30(40(26)44(5,69)48(52,53)54)11-13-31(67)24-73-21-9-10-22-74-25-32(68)23-66-39-20-17-36(29(4)43(39)47(8,72)51(61,62)63)35-16-19-38(65)42(28(35)3)46(7,71)50(58,59)60/h12,14-20,31-32,66-72H,9-11,13,21-25,64-65H2,1-8H3. The second kappa shape index (κ2) is 22.4. The third-order valence-electron chi connectivity index (χ3n) is 13.5. The van der Waals surface area contributed by atoms with Crippen molar-refractivity contribution < 1.29 is 92.8 Å². The lowest BCUT2D eigenvalue weighted by atomic mass is 9.79. The summed E-state index contributed by atoms with van der Waals surface area (Å²) in [6, 6.07) is 9.88. The van der Waals surface area contributed by atoms with E-state index in [-0.39, 0.29) is 102 Å². The topological polar surface area (TPSA) is 204 Å². The monoisotopic (exact) mass is 1070 g/mol. The molecule has 6 unspecified atom stereocenters. The summed E-state index contributed by atoms with van der Waals surface area (Å²) in [5.74, 6) is 0. The average molecular weight is 1070 g/mol. The summed E-state index contributed by atoms with van der Waals surface area (Å²) in [5, 5.41) is 66.8. The Kier molecular flexibility index (Phi) is 18.6. The molecular formula is C51H63F12N3O8. The molecule has 0 saturated carbocycles. The van der Waals surface area contributed by atoms with E-state index in [0.29, 0.717) is 40.5 Å². The van der Waals surface area contributed by atoms with Gasteiger partial charge in [0.1, 0.15) is 0 Å². The summed E-state index contributed by atoms with van der Waals surface area (Å²) < 4.78 is 181. The SMILES string of the molecule is Cc1c(-c2ccc(CCC(O)COCCCCOCC(O)CNc3ccc(-c4ccc(N)c(C(C)(O)C(F)(F)F)c4C)c(C)c3C(C)(O)C(F)(F)F)c(C(C)(O)C(F)(F)F)c2C)ccc(N)c1C(C)(O)C(F)(F)F. The molecule has 0 aliphatic heterocycles. The summed E-state index contributed by atoms with van der Waals surface area (Å²) in [5.41, 5.74) is -6.35. The number of hydrogen-bond acceptors (Lipinski definition) is 11. The number of halogens is 12. The lowest BCUT2D eigenvalue weighted by Crippen LogP contribution is -2.41. The minimum Gasteiger partial charge on any atom is -0.398 e. The lowest BCUT2D eigenvalue weighted by Gasteiger charge is -2.33. The number of ether oxygens (including phenoxy) is 2. The molecule has 414 valence electrons. The maximum absolute atomic E-state index is 14.4. The maximum atomic E-state index is 14.4. The van der Waals surface area contributed by atoms with Gasteiger partial charge < -0.3 is 56.9 Å². The molecule has 74 heavy (non-hydrogen) atoms. The molecule has 0 heterocycles. The number of aliphatic hydroxyl groups is 6. The summed E-state index contributed by atoms with van der Waals surface area (Å²) in [6.45, 7) is 6.24. The molecule has 0 radical (unpaired) electrons. The van der Waals surface area contributed by atoms with Gasteiger partial charge in [0.15, 0.2) is 22.4 Å². The summed E-state index contributed by atoms with van der Waals surface area (Å²) in [6.07, 6.45) is -22.9. The van der Waals surface area contributed by atoms with Crippen molar-refractivity contribution in [1.29, 1.82) is 0 Å². The molecule has 0 aliphatic rings. The van der Waals surface area contributed by atoms with Crippen LogP contribution in [0.2, 0.25) is 0 Å². The van der Waals surface area contributed by atoms with Gasteiger partial charge in [0, 0.05) is 53.5 Å². The van der Waals surface area contributed by atoms with E-state index in [0.717, 1.165) is 18.2 Å². The Labute approximate surface area is 420 Å². The molecule has 0 spiro atoms. The Morgan fingerprint density at radius 3 is 1.20 bits per heavy atom. The van der Waals surface area contributed by atoms with E-state index in [9.17, 15) is 83.3 Å². The van der Waals surface area contributed by atoms with Gasteiger partial charge in [-0.2, -0.15) is 52.7 Å². The molecular weight excluding hydrogens is 1010 g/mol. The summed E-state index contributed by atoms with van der Waals surface area (Å²) in [4.78, 5) is 0. The van der Waals surface area contributed by atoms with Crippen LogP contribution in [-0.4, -0.2) is 101 Å². The van der Waals surface area contributed by atoms with E-state index in [1.807, 2.05) is 0 Å². The van der Waals surface area contributed by atoms with Gasteiger partial charge in [-0.3, -0.25) is 0 Å². The van der Waals surface area contributed by atoms with E-state index in [1.165, 1.54) is 58.0 Å². The zero-order chi connectivity index (χ0) is 56.5. The van der Waals surface area contributed by atoms with Crippen molar-refractivity contribution in [2.75, 3.05) is 49.8 Å². The second-order valence-corrected chi connectivity index (χ2v) is 19.2. The Morgan fingerprint density at radius 1 is 0.473 bits per heavy atom. The number of alkyl halides is 12. The van der Waals surface area contributed by atoms with E-state index >= 15 is 0 Å². The number of hydrogen-bond donors (Lipinski definition) is 9. The molecule has 11 nitrogen and oxygen atoms in total. The fourth-order valence-corrected chi connectivity index (χ4v) is 9.17. The number of nitrogens with one attached hydrogen (secondary N) is 1. The van der Waals surface area contributed by atoms with Crippen molar-refractivity contribution in [3.05, 3.63) is 98.6 Å². The molecule has 6 atom stereocenters. The van der Waals surface area contributed by atoms with Gasteiger partial charge in [-0.05, 0) is 155 Å². The number of rotatable bonds is 21. The molecule has 0 fully saturated rings. The van der Waals surface area contributed by atoms with Crippen molar-refractivity contribution >= 4 is 17.1 Å². The predicted molar refractivity (Wildman–Crippen MR) is 254 cm³/mol. The first-order valence-electron chi connectivity index (χ1n) is 23.1. The van der Waals surface area contributed by atoms with E-state index < -0.39 is 92.9 Å². The number of nitrogens with two attached hydrogens (primary N) is 2. The van der Waals surface area contributed by atoms with Crippen LogP contribution in [0, 0.1) is 27.7 Å². The Bertz CT molecular complexity index is 2430. The molecule has 0 aromatic heterocycles. The van der Waals surface area contributed by atoms with Crippen LogP contribution >= 0.6 is 0 Å². The van der Waals surface area contributed by atoms with Gasteiger partial charge in [0.05, 0.1) is 25.4 Å². The van der Waals surface area contributed by atoms with Crippen molar-refractivity contribution in [2.24, 2.45) is 0 Å². The number of aliphatic hydroxyl groups excluding tert-OH is 2. The highest BCUT2D eigenvalue weighted by Gasteiger charge is 2.56.